The minimum absolute atomic E-state index is 0.116. The van der Waals surface area contributed by atoms with Crippen molar-refractivity contribution in [2.24, 2.45) is 4.99 Å². The lowest BCUT2D eigenvalue weighted by Crippen LogP contribution is -2.33. The van der Waals surface area contributed by atoms with Gasteiger partial charge in [-0.15, -0.1) is 0 Å². The molecule has 0 atom stereocenters. The molecule has 152 valence electrons. The Bertz CT molecular complexity index is 1240. The molecule has 2 aliphatic heterocycles. The molecule has 0 saturated carbocycles. The molecule has 1 N–H and O–H groups in total. The normalized spacial score (nSPS) is 17.1. The number of fused-ring (bicyclic) bond motifs is 1. The lowest BCUT2D eigenvalue weighted by atomic mass is 9.99. The van der Waals surface area contributed by atoms with Gasteiger partial charge in [0.05, 0.1) is 41.4 Å². The fraction of sp³-hybridized carbons (Fsp3) is 0.227. The van der Waals surface area contributed by atoms with E-state index in [2.05, 4.69) is 16.4 Å². The summed E-state index contributed by atoms with van der Waals surface area (Å²) in [5.41, 5.74) is 5.12. The SMILES string of the molecule is CS(=O)(=O)N1CC=C(c2ccc3c(c2)NC(=O)CC(c2cccc(C#N)c2)=N3)CC1. The van der Waals surface area contributed by atoms with Crippen molar-refractivity contribution in [1.82, 2.24) is 4.31 Å². The molecule has 0 fully saturated rings. The Kier molecular flexibility index (Phi) is 5.24. The predicted octanol–water partition coefficient (Wildman–Crippen LogP) is 3.07. The molecule has 8 heteroatoms. The first kappa shape index (κ1) is 20.0. The van der Waals surface area contributed by atoms with E-state index in [-0.39, 0.29) is 12.3 Å². The van der Waals surface area contributed by atoms with Crippen LogP contribution < -0.4 is 5.32 Å². The molecule has 0 saturated heterocycles. The number of nitrogens with one attached hydrogen (secondary N) is 1. The van der Waals surface area contributed by atoms with E-state index in [1.54, 1.807) is 18.2 Å². The minimum Gasteiger partial charge on any atom is -0.324 e. The van der Waals surface area contributed by atoms with E-state index in [0.717, 1.165) is 16.7 Å². The molecule has 7 nitrogen and oxygen atoms in total. The van der Waals surface area contributed by atoms with E-state index in [1.807, 2.05) is 30.3 Å². The van der Waals surface area contributed by atoms with Gasteiger partial charge in [0.15, 0.2) is 0 Å². The second-order valence-corrected chi connectivity index (χ2v) is 9.29. The van der Waals surface area contributed by atoms with Crippen molar-refractivity contribution in [2.75, 3.05) is 24.7 Å². The Morgan fingerprint density at radius 3 is 2.70 bits per heavy atom. The van der Waals surface area contributed by atoms with Gasteiger partial charge < -0.3 is 5.32 Å². The molecule has 0 aliphatic carbocycles. The summed E-state index contributed by atoms with van der Waals surface area (Å²) in [4.78, 5) is 17.2. The van der Waals surface area contributed by atoms with Crippen LogP contribution in [-0.2, 0) is 14.8 Å². The van der Waals surface area contributed by atoms with E-state index in [0.29, 0.717) is 42.2 Å². The average molecular weight is 420 g/mol. The molecule has 0 bridgehead atoms. The van der Waals surface area contributed by atoms with Crippen molar-refractivity contribution >= 4 is 38.6 Å². The molecule has 0 unspecified atom stereocenters. The van der Waals surface area contributed by atoms with Gasteiger partial charge in [-0.25, -0.2) is 8.42 Å². The highest BCUT2D eigenvalue weighted by Crippen LogP contribution is 2.34. The van der Waals surface area contributed by atoms with Gasteiger partial charge in [0.25, 0.3) is 0 Å². The molecule has 0 aromatic heterocycles. The largest absolute Gasteiger partial charge is 0.324 e. The van der Waals surface area contributed by atoms with Gasteiger partial charge >= 0.3 is 0 Å². The van der Waals surface area contributed by atoms with Crippen molar-refractivity contribution in [3.05, 3.63) is 65.2 Å². The van der Waals surface area contributed by atoms with Gasteiger partial charge in [0, 0.05) is 13.1 Å². The van der Waals surface area contributed by atoms with Gasteiger partial charge in [0.1, 0.15) is 0 Å². The Morgan fingerprint density at radius 1 is 1.17 bits per heavy atom. The topological polar surface area (TPSA) is 103 Å². The Hall–Kier alpha value is -3.28. The van der Waals surface area contributed by atoms with Gasteiger partial charge in [-0.05, 0) is 47.4 Å². The van der Waals surface area contributed by atoms with Crippen LogP contribution in [-0.4, -0.2) is 43.7 Å². The summed E-state index contributed by atoms with van der Waals surface area (Å²) in [5.74, 6) is -0.173. The molecular formula is C22H20N4O3S. The third kappa shape index (κ3) is 4.17. The second-order valence-electron chi connectivity index (χ2n) is 7.31. The summed E-state index contributed by atoms with van der Waals surface area (Å²) in [6.07, 6.45) is 3.85. The Morgan fingerprint density at radius 2 is 2.00 bits per heavy atom. The van der Waals surface area contributed by atoms with Crippen LogP contribution in [0.25, 0.3) is 5.57 Å². The fourth-order valence-electron chi connectivity index (χ4n) is 3.61. The quantitative estimate of drug-likeness (QED) is 0.824. The highest BCUT2D eigenvalue weighted by Gasteiger charge is 2.22. The molecule has 1 amide bonds. The van der Waals surface area contributed by atoms with Crippen LogP contribution >= 0.6 is 0 Å². The zero-order valence-electron chi connectivity index (χ0n) is 16.4. The summed E-state index contributed by atoms with van der Waals surface area (Å²) in [5, 5.41) is 12.0. The highest BCUT2D eigenvalue weighted by atomic mass is 32.2. The van der Waals surface area contributed by atoms with E-state index >= 15 is 0 Å². The summed E-state index contributed by atoms with van der Waals surface area (Å²) in [7, 11) is -3.20. The summed E-state index contributed by atoms with van der Waals surface area (Å²) >= 11 is 0. The molecule has 4 rings (SSSR count). The monoisotopic (exact) mass is 420 g/mol. The number of carbonyl (C=O) groups is 1. The molecule has 2 aromatic carbocycles. The molecule has 2 aromatic rings. The first-order valence-corrected chi connectivity index (χ1v) is 11.3. The average Bonchev–Trinajstić information content (AvgIpc) is 2.90. The van der Waals surface area contributed by atoms with Crippen LogP contribution in [0.4, 0.5) is 11.4 Å². The van der Waals surface area contributed by atoms with Crippen molar-refractivity contribution in [3.8, 4) is 6.07 Å². The fourth-order valence-corrected chi connectivity index (χ4v) is 4.38. The smallest absolute Gasteiger partial charge is 0.230 e. The van der Waals surface area contributed by atoms with E-state index in [9.17, 15) is 13.2 Å². The lowest BCUT2D eigenvalue weighted by Gasteiger charge is -2.24. The first-order chi connectivity index (χ1) is 14.3. The van der Waals surface area contributed by atoms with Gasteiger partial charge in [-0.3, -0.25) is 9.79 Å². The van der Waals surface area contributed by atoms with Crippen molar-refractivity contribution in [1.29, 1.82) is 5.26 Å². The highest BCUT2D eigenvalue weighted by molar-refractivity contribution is 7.88. The van der Waals surface area contributed by atoms with Crippen LogP contribution in [0.1, 0.15) is 29.5 Å². The zero-order chi connectivity index (χ0) is 21.3. The first-order valence-electron chi connectivity index (χ1n) is 9.50. The maximum Gasteiger partial charge on any atom is 0.230 e. The van der Waals surface area contributed by atoms with Gasteiger partial charge in [-0.1, -0.05) is 24.3 Å². The number of carbonyl (C=O) groups excluding carboxylic acids is 1. The standard InChI is InChI=1S/C22H20N4O3S/c1-30(28,29)26-9-7-16(8-10-26)17-5-6-19-21(12-17)25-22(27)13-20(24-19)18-4-2-3-15(11-18)14-23/h2-7,11-12H,8-10,13H2,1H3,(H,25,27). The maximum absolute atomic E-state index is 12.5. The predicted molar refractivity (Wildman–Crippen MR) is 116 cm³/mol. The number of hydrogen-bond donors (Lipinski definition) is 1. The molecule has 2 aliphatic rings. The Labute approximate surface area is 175 Å². The number of aliphatic imine (C=N–C) groups is 1. The van der Waals surface area contributed by atoms with Crippen molar-refractivity contribution in [3.63, 3.8) is 0 Å². The Balaban J connectivity index is 1.66. The minimum atomic E-state index is -3.20. The van der Waals surface area contributed by atoms with Crippen LogP contribution in [0, 0.1) is 11.3 Å². The van der Waals surface area contributed by atoms with Crippen LogP contribution in [0.15, 0.2) is 53.5 Å². The summed E-state index contributed by atoms with van der Waals surface area (Å²) in [6.45, 7) is 0.779. The number of rotatable bonds is 3. The number of amides is 1. The van der Waals surface area contributed by atoms with E-state index in [4.69, 9.17) is 5.26 Å². The van der Waals surface area contributed by atoms with Crippen LogP contribution in [0.2, 0.25) is 0 Å². The molecule has 30 heavy (non-hydrogen) atoms. The summed E-state index contributed by atoms with van der Waals surface area (Å²) in [6, 6.07) is 14.8. The number of nitrogens with zero attached hydrogens (tertiary/aromatic N) is 3. The van der Waals surface area contributed by atoms with Gasteiger partial charge in [-0.2, -0.15) is 9.57 Å². The molecule has 2 heterocycles. The number of nitriles is 1. The van der Waals surface area contributed by atoms with Crippen LogP contribution in [0.3, 0.4) is 0 Å². The van der Waals surface area contributed by atoms with Gasteiger partial charge in [0.2, 0.25) is 15.9 Å². The number of hydrogen-bond acceptors (Lipinski definition) is 5. The van der Waals surface area contributed by atoms with E-state index in [1.165, 1.54) is 10.6 Å². The lowest BCUT2D eigenvalue weighted by molar-refractivity contribution is -0.115. The number of anilines is 1. The molecular weight excluding hydrogens is 400 g/mol. The number of benzene rings is 2. The number of sulfonamides is 1. The van der Waals surface area contributed by atoms with Crippen LogP contribution in [0.5, 0.6) is 0 Å². The molecule has 0 radical (unpaired) electrons. The molecule has 0 spiro atoms. The van der Waals surface area contributed by atoms with Crippen molar-refractivity contribution in [2.45, 2.75) is 12.8 Å². The third-order valence-corrected chi connectivity index (χ3v) is 6.46. The second kappa shape index (κ2) is 7.86. The maximum atomic E-state index is 12.5. The van der Waals surface area contributed by atoms with Crippen molar-refractivity contribution < 1.29 is 13.2 Å². The zero-order valence-corrected chi connectivity index (χ0v) is 17.2. The third-order valence-electron chi connectivity index (χ3n) is 5.19. The van der Waals surface area contributed by atoms with E-state index < -0.39 is 10.0 Å². The summed E-state index contributed by atoms with van der Waals surface area (Å²) < 4.78 is 24.8.